The van der Waals surface area contributed by atoms with Crippen LogP contribution in [0, 0.1) is 0 Å². The minimum absolute atomic E-state index is 0.125. The van der Waals surface area contributed by atoms with Gasteiger partial charge in [-0.1, -0.05) is 42.2 Å². The van der Waals surface area contributed by atoms with Crippen molar-refractivity contribution >= 4 is 39.9 Å². The molecular formula is C12H11NO2S2. The number of hydrogen-bond acceptors (Lipinski definition) is 4. The summed E-state index contributed by atoms with van der Waals surface area (Å²) in [4.78, 5) is 14.1. The first-order valence-electron chi connectivity index (χ1n) is 5.17. The largest absolute Gasteiger partial charge is 0.500 e. The minimum Gasteiger partial charge on any atom is -0.500 e. The molecule has 5 heteroatoms. The molecule has 1 saturated heterocycles. The van der Waals surface area contributed by atoms with Crippen molar-refractivity contribution in [3.05, 3.63) is 41.5 Å². The summed E-state index contributed by atoms with van der Waals surface area (Å²) < 4.78 is 5.66. The van der Waals surface area contributed by atoms with Crippen LogP contribution in [0.15, 0.2) is 41.5 Å². The number of anilines is 1. The second kappa shape index (κ2) is 5.33. The number of para-hydroxylation sites is 1. The molecule has 1 aromatic carbocycles. The molecule has 1 aliphatic rings. The first-order valence-corrected chi connectivity index (χ1v) is 6.39. The molecule has 0 saturated carbocycles. The molecule has 0 aliphatic carbocycles. The van der Waals surface area contributed by atoms with Gasteiger partial charge in [0.25, 0.3) is 5.91 Å². The topological polar surface area (TPSA) is 29.5 Å². The number of thioether (sulfide) groups is 1. The van der Waals surface area contributed by atoms with E-state index in [4.69, 9.17) is 17.0 Å². The van der Waals surface area contributed by atoms with E-state index < -0.39 is 0 Å². The van der Waals surface area contributed by atoms with E-state index in [1.165, 1.54) is 22.9 Å². The van der Waals surface area contributed by atoms with E-state index in [2.05, 4.69) is 0 Å². The molecule has 0 spiro atoms. The van der Waals surface area contributed by atoms with Crippen LogP contribution in [0.25, 0.3) is 0 Å². The number of ether oxygens (including phenoxy) is 1. The van der Waals surface area contributed by atoms with Gasteiger partial charge in [-0.2, -0.15) is 0 Å². The maximum Gasteiger partial charge on any atom is 0.273 e. The molecular weight excluding hydrogens is 254 g/mol. The van der Waals surface area contributed by atoms with Gasteiger partial charge in [-0.25, -0.2) is 0 Å². The predicted molar refractivity (Wildman–Crippen MR) is 73.8 cm³/mol. The standard InChI is InChI=1S/C12H11NO2S2/c1-2-15-8-10-11(14)13(12(16)17-10)9-6-4-3-5-7-9/h3-8H,2H2,1H3/b10-8+. The maximum absolute atomic E-state index is 12.1. The van der Waals surface area contributed by atoms with Crippen LogP contribution >= 0.6 is 24.0 Å². The van der Waals surface area contributed by atoms with Crippen molar-refractivity contribution < 1.29 is 9.53 Å². The minimum atomic E-state index is -0.125. The Morgan fingerprint density at radius 1 is 1.41 bits per heavy atom. The summed E-state index contributed by atoms with van der Waals surface area (Å²) in [6.07, 6.45) is 1.47. The quantitative estimate of drug-likeness (QED) is 0.477. The summed E-state index contributed by atoms with van der Waals surface area (Å²) >= 11 is 6.46. The van der Waals surface area contributed by atoms with Crippen LogP contribution in [0.1, 0.15) is 6.92 Å². The van der Waals surface area contributed by atoms with Gasteiger partial charge in [-0.05, 0) is 19.1 Å². The zero-order chi connectivity index (χ0) is 12.3. The van der Waals surface area contributed by atoms with E-state index in [0.29, 0.717) is 15.8 Å². The number of amides is 1. The molecule has 0 N–H and O–H groups in total. The lowest BCUT2D eigenvalue weighted by molar-refractivity contribution is -0.113. The molecule has 2 rings (SSSR count). The molecule has 0 bridgehead atoms. The molecule has 0 radical (unpaired) electrons. The first kappa shape index (κ1) is 12.1. The van der Waals surface area contributed by atoms with Crippen molar-refractivity contribution in [3.8, 4) is 0 Å². The molecule has 0 unspecified atom stereocenters. The number of carbonyl (C=O) groups excluding carboxylic acids is 1. The zero-order valence-corrected chi connectivity index (χ0v) is 10.9. The molecule has 3 nitrogen and oxygen atoms in total. The van der Waals surface area contributed by atoms with Gasteiger partial charge in [0.15, 0.2) is 4.32 Å². The lowest BCUT2D eigenvalue weighted by Gasteiger charge is -2.13. The number of rotatable bonds is 3. The van der Waals surface area contributed by atoms with Gasteiger partial charge < -0.3 is 4.74 Å². The van der Waals surface area contributed by atoms with Gasteiger partial charge >= 0.3 is 0 Å². The van der Waals surface area contributed by atoms with E-state index in [1.54, 1.807) is 0 Å². The third-order valence-corrected chi connectivity index (χ3v) is 3.45. The Balaban J connectivity index is 2.26. The van der Waals surface area contributed by atoms with E-state index >= 15 is 0 Å². The van der Waals surface area contributed by atoms with Crippen molar-refractivity contribution in [1.29, 1.82) is 0 Å². The van der Waals surface area contributed by atoms with E-state index in [9.17, 15) is 4.79 Å². The van der Waals surface area contributed by atoms with E-state index in [-0.39, 0.29) is 5.91 Å². The van der Waals surface area contributed by atoms with Crippen LogP contribution in [-0.4, -0.2) is 16.8 Å². The molecule has 88 valence electrons. The summed E-state index contributed by atoms with van der Waals surface area (Å²) in [5, 5.41) is 0. The highest BCUT2D eigenvalue weighted by Crippen LogP contribution is 2.34. The maximum atomic E-state index is 12.1. The number of nitrogens with zero attached hydrogens (tertiary/aromatic N) is 1. The van der Waals surface area contributed by atoms with Crippen LogP contribution in [-0.2, 0) is 9.53 Å². The molecule has 1 aromatic rings. The SMILES string of the molecule is CCO/C=C1/SC(=S)N(c2ccccc2)C1=O. The van der Waals surface area contributed by atoms with E-state index in [0.717, 1.165) is 5.69 Å². The summed E-state index contributed by atoms with van der Waals surface area (Å²) in [7, 11) is 0. The third kappa shape index (κ3) is 2.50. The first-order chi connectivity index (χ1) is 8.24. The Morgan fingerprint density at radius 3 is 2.76 bits per heavy atom. The fourth-order valence-corrected chi connectivity index (χ4v) is 2.63. The highest BCUT2D eigenvalue weighted by molar-refractivity contribution is 8.27. The Bertz CT molecular complexity index is 471. The van der Waals surface area contributed by atoms with Gasteiger partial charge in [0, 0.05) is 0 Å². The highest BCUT2D eigenvalue weighted by atomic mass is 32.2. The summed E-state index contributed by atoms with van der Waals surface area (Å²) in [6.45, 7) is 2.41. The van der Waals surface area contributed by atoms with Crippen LogP contribution < -0.4 is 4.90 Å². The van der Waals surface area contributed by atoms with Crippen LogP contribution in [0.5, 0.6) is 0 Å². The van der Waals surface area contributed by atoms with Crippen molar-refractivity contribution in [3.63, 3.8) is 0 Å². The van der Waals surface area contributed by atoms with Crippen molar-refractivity contribution in [2.45, 2.75) is 6.92 Å². The Kier molecular flexibility index (Phi) is 3.81. The fourth-order valence-electron chi connectivity index (χ4n) is 1.41. The van der Waals surface area contributed by atoms with Gasteiger partial charge in [0.05, 0.1) is 12.3 Å². The van der Waals surface area contributed by atoms with Crippen molar-refractivity contribution in [2.24, 2.45) is 0 Å². The summed E-state index contributed by atoms with van der Waals surface area (Å²) in [5.74, 6) is -0.125. The molecule has 0 atom stereocenters. The lowest BCUT2D eigenvalue weighted by Crippen LogP contribution is -2.27. The fraction of sp³-hybridized carbons (Fsp3) is 0.167. The number of hydrogen-bond donors (Lipinski definition) is 0. The third-order valence-electron chi connectivity index (χ3n) is 2.17. The van der Waals surface area contributed by atoms with Crippen molar-refractivity contribution in [2.75, 3.05) is 11.5 Å². The van der Waals surface area contributed by atoms with E-state index in [1.807, 2.05) is 37.3 Å². The Morgan fingerprint density at radius 2 is 2.12 bits per heavy atom. The van der Waals surface area contributed by atoms with Crippen molar-refractivity contribution in [1.82, 2.24) is 0 Å². The van der Waals surface area contributed by atoms with Gasteiger partial charge in [0.2, 0.25) is 0 Å². The summed E-state index contributed by atoms with van der Waals surface area (Å²) in [6, 6.07) is 9.36. The average Bonchev–Trinajstić information content (AvgIpc) is 2.63. The molecule has 17 heavy (non-hydrogen) atoms. The molecule has 0 aromatic heterocycles. The van der Waals surface area contributed by atoms with Crippen LogP contribution in [0.4, 0.5) is 5.69 Å². The van der Waals surface area contributed by atoms with Crippen LogP contribution in [0.3, 0.4) is 0 Å². The van der Waals surface area contributed by atoms with Gasteiger partial charge in [0.1, 0.15) is 11.2 Å². The Labute approximate surface area is 109 Å². The smallest absolute Gasteiger partial charge is 0.273 e. The number of benzene rings is 1. The lowest BCUT2D eigenvalue weighted by atomic mass is 10.3. The molecule has 1 aliphatic heterocycles. The van der Waals surface area contributed by atoms with Gasteiger partial charge in [-0.3, -0.25) is 9.69 Å². The summed E-state index contributed by atoms with van der Waals surface area (Å²) in [5.41, 5.74) is 0.787. The highest BCUT2D eigenvalue weighted by Gasteiger charge is 2.33. The van der Waals surface area contributed by atoms with Crippen LogP contribution in [0.2, 0.25) is 0 Å². The van der Waals surface area contributed by atoms with Gasteiger partial charge in [-0.15, -0.1) is 0 Å². The molecule has 1 heterocycles. The molecule has 1 amide bonds. The second-order valence-electron chi connectivity index (χ2n) is 3.28. The second-order valence-corrected chi connectivity index (χ2v) is 4.96. The average molecular weight is 265 g/mol. The normalized spacial score (nSPS) is 17.9. The zero-order valence-electron chi connectivity index (χ0n) is 9.25. The predicted octanol–water partition coefficient (Wildman–Crippen LogP) is 2.93. The number of carbonyl (C=O) groups is 1. The monoisotopic (exact) mass is 265 g/mol. The molecule has 1 fully saturated rings. The number of thiocarbonyl (C=S) groups is 1. The Hall–Kier alpha value is -1.33.